The summed E-state index contributed by atoms with van der Waals surface area (Å²) in [4.78, 5) is 125. The monoisotopic (exact) mass is 1080 g/mol. The molecule has 0 spiro atoms. The van der Waals surface area contributed by atoms with E-state index < -0.39 is 136 Å². The summed E-state index contributed by atoms with van der Waals surface area (Å²) in [7, 11) is 0. The van der Waals surface area contributed by atoms with E-state index in [9.17, 15) is 47.9 Å². The van der Waals surface area contributed by atoms with Crippen LogP contribution in [0.3, 0.4) is 0 Å². The van der Waals surface area contributed by atoms with Crippen LogP contribution in [0.4, 0.5) is 0 Å². The number of hydrogen-bond acceptors (Lipinski definition) is 30. The molecule has 0 fully saturated rings. The molecule has 0 atom stereocenters. The molecule has 0 radical (unpaired) electrons. The number of hydrogen-bond donors (Lipinski definition) is 4. The molecule has 4 N–H and O–H groups in total. The maximum Gasteiger partial charge on any atom is 0.377 e. The highest BCUT2D eigenvalue weighted by atomic mass is 16.8. The van der Waals surface area contributed by atoms with Crippen LogP contribution in [-0.2, 0) is 124 Å². The summed E-state index contributed by atoms with van der Waals surface area (Å²) < 4.78 is 79.3. The molecule has 0 unspecified atom stereocenters. The van der Waals surface area contributed by atoms with E-state index >= 15 is 0 Å². The summed E-state index contributed by atoms with van der Waals surface area (Å²) in [6.45, 7) is -1.19. The molecule has 0 aliphatic heterocycles. The average Bonchev–Trinajstić information content (AvgIpc) is 3.38. The molecule has 422 valence electrons. The van der Waals surface area contributed by atoms with E-state index in [0.29, 0.717) is 12.2 Å². The largest absolute Gasteiger partial charge is 0.484 e. The van der Waals surface area contributed by atoms with Gasteiger partial charge in [0.05, 0.1) is 101 Å². The van der Waals surface area contributed by atoms with E-state index in [-0.39, 0.29) is 117 Å². The zero-order valence-electron chi connectivity index (χ0n) is 40.8. The van der Waals surface area contributed by atoms with Crippen molar-refractivity contribution in [3.05, 3.63) is 59.4 Å². The minimum Gasteiger partial charge on any atom is -0.484 e. The van der Waals surface area contributed by atoms with Crippen LogP contribution in [-0.4, -0.2) is 220 Å². The fourth-order valence-corrected chi connectivity index (χ4v) is 4.46. The van der Waals surface area contributed by atoms with Gasteiger partial charge >= 0.3 is 53.7 Å². The standard InChI is InChI=1S/C45H62O30/c1-3-32(2)41(55)73-29-64-27-70-38(53)25-34(26-39(54)72-31-75-45(59)40(67-20-16-60-11-4-6-46)35(5-7-47)44(58)69-22-18-63-14-10-50)43(57)74-30-65-28-71-37(52)24-33(42(56)68-21-17-62-13-9-49)23-36(51)66-19-15-61-12-8-48/h3,7,24-25,46,48-50H,1-2,4-6,8-23,26-31H2. The number of aliphatic hydroxyl groups excluding tert-OH is 4. The second-order valence-electron chi connectivity index (χ2n) is 13.4. The molecule has 0 saturated carbocycles. The molecule has 0 rings (SSSR count). The highest BCUT2D eigenvalue weighted by Crippen LogP contribution is 2.16. The Bertz CT molecular complexity index is 1900. The van der Waals surface area contributed by atoms with Gasteiger partial charge in [-0.25, -0.2) is 33.6 Å². The summed E-state index contributed by atoms with van der Waals surface area (Å²) >= 11 is 0. The van der Waals surface area contributed by atoms with Crippen molar-refractivity contribution in [3.8, 4) is 0 Å². The number of esters is 9. The topological polar surface area (TPSA) is 399 Å². The molecule has 0 aliphatic carbocycles. The van der Waals surface area contributed by atoms with Crippen LogP contribution in [0.2, 0.25) is 0 Å². The zero-order chi connectivity index (χ0) is 55.9. The van der Waals surface area contributed by atoms with Crippen LogP contribution in [0.15, 0.2) is 59.4 Å². The Balaban J connectivity index is 6.01. The smallest absolute Gasteiger partial charge is 0.377 e. The van der Waals surface area contributed by atoms with Crippen LogP contribution in [0.5, 0.6) is 0 Å². The molecular formula is C45H62O30. The second kappa shape index (κ2) is 45.6. The molecule has 75 heavy (non-hydrogen) atoms. The van der Waals surface area contributed by atoms with Crippen molar-refractivity contribution < 1.29 is 144 Å². The van der Waals surface area contributed by atoms with E-state index in [2.05, 4.69) is 13.2 Å². The van der Waals surface area contributed by atoms with E-state index in [0.717, 1.165) is 6.08 Å². The van der Waals surface area contributed by atoms with Crippen molar-refractivity contribution in [2.75, 3.05) is 140 Å². The predicted molar refractivity (Wildman–Crippen MR) is 241 cm³/mol. The lowest BCUT2D eigenvalue weighted by atomic mass is 10.1. The number of aliphatic hydroxyl groups is 4. The van der Waals surface area contributed by atoms with Gasteiger partial charge in [0.15, 0.2) is 27.2 Å². The molecule has 0 aromatic rings. The fraction of sp³-hybridized carbons (Fsp3) is 0.556. The zero-order valence-corrected chi connectivity index (χ0v) is 40.8. The molecular weight excluding hydrogens is 1020 g/mol. The van der Waals surface area contributed by atoms with Gasteiger partial charge in [-0.05, 0) is 6.42 Å². The van der Waals surface area contributed by atoms with E-state index in [1.54, 1.807) is 0 Å². The Kier molecular flexibility index (Phi) is 41.3. The van der Waals surface area contributed by atoms with Crippen molar-refractivity contribution in [2.24, 2.45) is 0 Å². The van der Waals surface area contributed by atoms with Crippen molar-refractivity contribution in [1.29, 1.82) is 0 Å². The van der Waals surface area contributed by atoms with Crippen LogP contribution >= 0.6 is 0 Å². The maximum absolute atomic E-state index is 13.2. The second-order valence-corrected chi connectivity index (χ2v) is 13.4. The molecule has 0 saturated heterocycles. The van der Waals surface area contributed by atoms with Gasteiger partial charge in [-0.15, -0.1) is 0 Å². The summed E-state index contributed by atoms with van der Waals surface area (Å²) in [5, 5.41) is 35.4. The van der Waals surface area contributed by atoms with Crippen LogP contribution < -0.4 is 0 Å². The van der Waals surface area contributed by atoms with Gasteiger partial charge in [0, 0.05) is 31.8 Å². The first-order valence-electron chi connectivity index (χ1n) is 22.1. The Morgan fingerprint density at radius 3 is 1.32 bits per heavy atom. The molecule has 0 aromatic carbocycles. The Labute approximate surface area is 428 Å². The minimum absolute atomic E-state index is 0.0269. The van der Waals surface area contributed by atoms with Gasteiger partial charge in [0.1, 0.15) is 32.7 Å². The quantitative estimate of drug-likeness (QED) is 0.00707. The molecule has 0 aliphatic rings. The summed E-state index contributed by atoms with van der Waals surface area (Å²) in [6.07, 6.45) is 0.0280. The van der Waals surface area contributed by atoms with Gasteiger partial charge < -0.3 is 101 Å². The van der Waals surface area contributed by atoms with Gasteiger partial charge in [0.2, 0.25) is 12.6 Å². The lowest BCUT2D eigenvalue weighted by Crippen LogP contribution is -2.23. The normalized spacial score (nSPS) is 11.5. The SMILES string of the molecule is C=CC(=C)C(=O)OCOCOC(=O)C=C(CC(=O)OCOC(=O)C(OCCOCCCO)=C(CC=O)C(=O)OCCOCCO)C(=O)OCOCOC(=O)C=C(CC(=O)OCCOCCO)C(=O)OCCOCCO. The average molecular weight is 1080 g/mol. The molecule has 30 nitrogen and oxygen atoms in total. The van der Waals surface area contributed by atoms with E-state index in [4.69, 9.17) is 96.2 Å². The van der Waals surface area contributed by atoms with Gasteiger partial charge in [0.25, 0.3) is 0 Å². The molecule has 0 bridgehead atoms. The van der Waals surface area contributed by atoms with Crippen molar-refractivity contribution >= 4 is 60.0 Å². The number of carbonyl (C=O) groups excluding carboxylic acids is 10. The van der Waals surface area contributed by atoms with Crippen molar-refractivity contribution in [3.63, 3.8) is 0 Å². The lowest BCUT2D eigenvalue weighted by molar-refractivity contribution is -0.174. The number of carbonyl (C=O) groups is 10. The fourth-order valence-electron chi connectivity index (χ4n) is 4.46. The van der Waals surface area contributed by atoms with Gasteiger partial charge in [-0.1, -0.05) is 19.2 Å². The van der Waals surface area contributed by atoms with E-state index in [1.165, 1.54) is 0 Å². The molecule has 0 heterocycles. The number of ether oxygens (including phenoxy) is 16. The minimum atomic E-state index is -1.45. The van der Waals surface area contributed by atoms with Crippen LogP contribution in [0, 0.1) is 0 Å². The Hall–Kier alpha value is -7.00. The highest BCUT2D eigenvalue weighted by molar-refractivity contribution is 6.02. The summed E-state index contributed by atoms with van der Waals surface area (Å²) in [6, 6.07) is 0. The molecule has 0 amide bonds. The number of aldehydes is 1. The number of rotatable bonds is 46. The summed E-state index contributed by atoms with van der Waals surface area (Å²) in [5.74, 6) is -12.0. The first kappa shape index (κ1) is 68.0. The van der Waals surface area contributed by atoms with E-state index in [1.807, 2.05) is 0 Å². The van der Waals surface area contributed by atoms with Gasteiger partial charge in [-0.3, -0.25) is 9.59 Å². The first-order chi connectivity index (χ1) is 36.2. The third-order valence-electron chi connectivity index (χ3n) is 7.85. The summed E-state index contributed by atoms with van der Waals surface area (Å²) in [5.41, 5.74) is -2.07. The Morgan fingerprint density at radius 2 is 0.827 bits per heavy atom. The molecule has 30 heteroatoms. The van der Waals surface area contributed by atoms with Crippen LogP contribution in [0.25, 0.3) is 0 Å². The lowest BCUT2D eigenvalue weighted by Gasteiger charge is -2.15. The molecule has 0 aromatic heterocycles. The van der Waals surface area contributed by atoms with Gasteiger partial charge in [-0.2, -0.15) is 0 Å². The third-order valence-corrected chi connectivity index (χ3v) is 7.85. The Morgan fingerprint density at radius 1 is 0.400 bits per heavy atom. The van der Waals surface area contributed by atoms with Crippen molar-refractivity contribution in [1.82, 2.24) is 0 Å². The highest BCUT2D eigenvalue weighted by Gasteiger charge is 2.27. The van der Waals surface area contributed by atoms with Crippen LogP contribution in [0.1, 0.15) is 25.7 Å². The van der Waals surface area contributed by atoms with Crippen molar-refractivity contribution in [2.45, 2.75) is 25.7 Å². The first-order valence-corrected chi connectivity index (χ1v) is 22.1. The maximum atomic E-state index is 13.2. The third kappa shape index (κ3) is 35.7. The predicted octanol–water partition coefficient (Wildman–Crippen LogP) is -2.64.